The molecule has 2 heterocycles. The molecule has 1 aliphatic carbocycles. The fourth-order valence-corrected chi connectivity index (χ4v) is 3.37. The third-order valence-electron chi connectivity index (χ3n) is 5.24. The van der Waals surface area contributed by atoms with Crippen molar-refractivity contribution in [1.82, 2.24) is 15.3 Å². The molecule has 2 amide bonds. The molecule has 0 atom stereocenters. The lowest BCUT2D eigenvalue weighted by atomic mass is 10.0. The van der Waals surface area contributed by atoms with Gasteiger partial charge in [-0.15, -0.1) is 0 Å². The zero-order valence-corrected chi connectivity index (χ0v) is 17.2. The molecule has 1 fully saturated rings. The largest absolute Gasteiger partial charge is 0.421 e. The minimum atomic E-state index is -4.61. The highest BCUT2D eigenvalue weighted by molar-refractivity contribution is 5.94. The van der Waals surface area contributed by atoms with E-state index in [0.717, 1.165) is 30.3 Å². The molecule has 1 saturated carbocycles. The van der Waals surface area contributed by atoms with Crippen molar-refractivity contribution < 1.29 is 22.8 Å². The van der Waals surface area contributed by atoms with Crippen LogP contribution in [0.2, 0.25) is 0 Å². The summed E-state index contributed by atoms with van der Waals surface area (Å²) < 4.78 is 40.1. The number of alkyl halides is 3. The molecule has 2 aromatic rings. The molecular formula is C21H23F3N6O2. The van der Waals surface area contributed by atoms with E-state index >= 15 is 0 Å². The van der Waals surface area contributed by atoms with Crippen LogP contribution in [0.4, 0.5) is 36.3 Å². The molecule has 2 aliphatic rings. The molecule has 170 valence electrons. The van der Waals surface area contributed by atoms with Gasteiger partial charge >= 0.3 is 6.18 Å². The Hall–Kier alpha value is -3.37. The summed E-state index contributed by atoms with van der Waals surface area (Å²) in [6.07, 6.45) is -0.657. The highest BCUT2D eigenvalue weighted by Crippen LogP contribution is 2.34. The Balaban J connectivity index is 1.41. The minimum absolute atomic E-state index is 0.000816. The van der Waals surface area contributed by atoms with Crippen molar-refractivity contribution in [2.45, 2.75) is 38.3 Å². The van der Waals surface area contributed by atoms with Gasteiger partial charge in [0.1, 0.15) is 11.4 Å². The van der Waals surface area contributed by atoms with Crippen molar-refractivity contribution in [2.75, 3.05) is 29.0 Å². The number of nitrogens with zero attached hydrogens (tertiary/aromatic N) is 2. The second kappa shape index (κ2) is 9.01. The van der Waals surface area contributed by atoms with E-state index in [4.69, 9.17) is 0 Å². The van der Waals surface area contributed by atoms with Crippen LogP contribution in [0.5, 0.6) is 0 Å². The van der Waals surface area contributed by atoms with Gasteiger partial charge in [0.05, 0.1) is 0 Å². The summed E-state index contributed by atoms with van der Waals surface area (Å²) in [6.45, 7) is 0.592. The molecule has 1 aromatic carbocycles. The van der Waals surface area contributed by atoms with Crippen molar-refractivity contribution >= 4 is 35.0 Å². The van der Waals surface area contributed by atoms with E-state index in [2.05, 4.69) is 31.2 Å². The molecular weight excluding hydrogens is 425 g/mol. The van der Waals surface area contributed by atoms with E-state index in [1.54, 1.807) is 12.1 Å². The number of carbonyl (C=O) groups excluding carboxylic acids is 2. The molecule has 1 aromatic heterocycles. The SMILES string of the molecule is O=C1CCc2cc(Nc3ncc(C(F)(F)F)c(NCCCNC(=O)C4CC4)n3)ccc2N1. The number of aromatic nitrogens is 2. The standard InChI is InChI=1S/C21H23F3N6O2/c22-21(23,24)15-11-27-20(28-14-5-6-16-13(10-14)4-7-17(31)29-16)30-18(15)25-8-1-9-26-19(32)12-2-3-12/h5-6,10-12H,1-4,7-9H2,(H,26,32)(H,29,31)(H2,25,27,28,30). The Labute approximate surface area is 182 Å². The molecule has 0 unspecified atom stereocenters. The Morgan fingerprint density at radius 2 is 2.00 bits per heavy atom. The summed E-state index contributed by atoms with van der Waals surface area (Å²) in [7, 11) is 0. The number of anilines is 4. The highest BCUT2D eigenvalue weighted by atomic mass is 19.4. The zero-order chi connectivity index (χ0) is 22.7. The smallest absolute Gasteiger partial charge is 0.369 e. The third-order valence-corrected chi connectivity index (χ3v) is 5.24. The van der Waals surface area contributed by atoms with Crippen LogP contribution in [0.1, 0.15) is 36.8 Å². The Kier molecular flexibility index (Phi) is 6.15. The summed E-state index contributed by atoms with van der Waals surface area (Å²) in [5, 5.41) is 11.2. The molecule has 4 N–H and O–H groups in total. The fourth-order valence-electron chi connectivity index (χ4n) is 3.37. The van der Waals surface area contributed by atoms with Gasteiger partial charge in [-0.05, 0) is 49.4 Å². The number of halogens is 3. The summed E-state index contributed by atoms with van der Waals surface area (Å²) in [5.41, 5.74) is 1.29. The van der Waals surface area contributed by atoms with E-state index in [0.29, 0.717) is 31.5 Å². The Morgan fingerprint density at radius 1 is 1.19 bits per heavy atom. The van der Waals surface area contributed by atoms with Crippen molar-refractivity contribution in [3.63, 3.8) is 0 Å². The predicted octanol–water partition coefficient (Wildman–Crippen LogP) is 3.45. The van der Waals surface area contributed by atoms with Crippen LogP contribution in [0.25, 0.3) is 0 Å². The Bertz CT molecular complexity index is 1020. The molecule has 32 heavy (non-hydrogen) atoms. The summed E-state index contributed by atoms with van der Waals surface area (Å²) >= 11 is 0. The van der Waals surface area contributed by atoms with E-state index in [1.807, 2.05) is 6.07 Å². The zero-order valence-electron chi connectivity index (χ0n) is 17.2. The lowest BCUT2D eigenvalue weighted by molar-refractivity contribution is -0.137. The van der Waals surface area contributed by atoms with Crippen LogP contribution in [-0.2, 0) is 22.2 Å². The van der Waals surface area contributed by atoms with Gasteiger partial charge in [0.2, 0.25) is 17.8 Å². The lowest BCUT2D eigenvalue weighted by Crippen LogP contribution is -2.27. The first kappa shape index (κ1) is 21.8. The number of benzene rings is 1. The number of amides is 2. The monoisotopic (exact) mass is 448 g/mol. The number of carbonyl (C=O) groups is 2. The molecule has 1 aliphatic heterocycles. The van der Waals surface area contributed by atoms with Crippen molar-refractivity contribution in [2.24, 2.45) is 5.92 Å². The normalized spacial score (nSPS) is 15.5. The van der Waals surface area contributed by atoms with Gasteiger partial charge in [0.25, 0.3) is 0 Å². The van der Waals surface area contributed by atoms with Crippen LogP contribution in [-0.4, -0.2) is 34.9 Å². The van der Waals surface area contributed by atoms with Gasteiger partial charge in [0, 0.05) is 43.0 Å². The summed E-state index contributed by atoms with van der Waals surface area (Å²) in [4.78, 5) is 30.9. The van der Waals surface area contributed by atoms with Crippen molar-refractivity contribution in [3.8, 4) is 0 Å². The van der Waals surface area contributed by atoms with Crippen LogP contribution in [0, 0.1) is 5.92 Å². The quantitative estimate of drug-likeness (QED) is 0.461. The number of hydrogen-bond donors (Lipinski definition) is 4. The van der Waals surface area contributed by atoms with Gasteiger partial charge < -0.3 is 21.3 Å². The number of aryl methyl sites for hydroxylation is 1. The minimum Gasteiger partial charge on any atom is -0.369 e. The maximum atomic E-state index is 13.4. The molecule has 0 radical (unpaired) electrons. The average molecular weight is 448 g/mol. The van der Waals surface area contributed by atoms with Gasteiger partial charge in [-0.1, -0.05) is 0 Å². The van der Waals surface area contributed by atoms with E-state index in [1.165, 1.54) is 0 Å². The first-order chi connectivity index (χ1) is 15.3. The third kappa shape index (κ3) is 5.45. The van der Waals surface area contributed by atoms with Crippen LogP contribution in [0.15, 0.2) is 24.4 Å². The van der Waals surface area contributed by atoms with Crippen molar-refractivity contribution in [1.29, 1.82) is 0 Å². The summed E-state index contributed by atoms with van der Waals surface area (Å²) in [5.74, 6) is -0.266. The Morgan fingerprint density at radius 3 is 2.75 bits per heavy atom. The van der Waals surface area contributed by atoms with Gasteiger partial charge in [-0.3, -0.25) is 9.59 Å². The number of rotatable bonds is 8. The highest BCUT2D eigenvalue weighted by Gasteiger charge is 2.35. The molecule has 11 heteroatoms. The summed E-state index contributed by atoms with van der Waals surface area (Å²) in [6, 6.07) is 5.24. The fraction of sp³-hybridized carbons (Fsp3) is 0.429. The van der Waals surface area contributed by atoms with E-state index in [-0.39, 0.29) is 36.0 Å². The molecule has 0 spiro atoms. The van der Waals surface area contributed by atoms with Gasteiger partial charge in [-0.25, -0.2) is 4.98 Å². The predicted molar refractivity (Wildman–Crippen MR) is 113 cm³/mol. The van der Waals surface area contributed by atoms with E-state index in [9.17, 15) is 22.8 Å². The van der Waals surface area contributed by atoms with Crippen molar-refractivity contribution in [3.05, 3.63) is 35.5 Å². The topological polar surface area (TPSA) is 108 Å². The maximum absolute atomic E-state index is 13.4. The first-order valence-corrected chi connectivity index (χ1v) is 10.5. The second-order valence-corrected chi connectivity index (χ2v) is 7.84. The maximum Gasteiger partial charge on any atom is 0.421 e. The molecule has 0 saturated heterocycles. The van der Waals surface area contributed by atoms with Crippen LogP contribution < -0.4 is 21.3 Å². The number of nitrogens with one attached hydrogen (secondary N) is 4. The average Bonchev–Trinajstić information content (AvgIpc) is 3.58. The molecule has 8 nitrogen and oxygen atoms in total. The van der Waals surface area contributed by atoms with Gasteiger partial charge in [0.15, 0.2) is 0 Å². The van der Waals surface area contributed by atoms with Crippen LogP contribution >= 0.6 is 0 Å². The molecule has 4 rings (SSSR count). The second-order valence-electron chi connectivity index (χ2n) is 7.84. The van der Waals surface area contributed by atoms with Gasteiger partial charge in [-0.2, -0.15) is 18.2 Å². The first-order valence-electron chi connectivity index (χ1n) is 10.5. The van der Waals surface area contributed by atoms with E-state index < -0.39 is 11.7 Å². The van der Waals surface area contributed by atoms with Crippen LogP contribution in [0.3, 0.4) is 0 Å². The number of fused-ring (bicyclic) bond motifs is 1. The molecule has 0 bridgehead atoms. The number of hydrogen-bond acceptors (Lipinski definition) is 6. The lowest BCUT2D eigenvalue weighted by Gasteiger charge is -2.18.